The molecule has 0 atom stereocenters. The zero-order chi connectivity index (χ0) is 14.8. The standard InChI is InChI=1S/C15H21NO3S/c1-12-11-14(20-13(12)7-6-9-17)15(18)16-8-4-3-5-10-19-2/h11,17H,3-5,8-10H2,1-2H3,(H,16,18). The highest BCUT2D eigenvalue weighted by Gasteiger charge is 2.10. The molecule has 0 saturated carbocycles. The molecule has 4 nitrogen and oxygen atoms in total. The lowest BCUT2D eigenvalue weighted by Gasteiger charge is -2.03. The Balaban J connectivity index is 2.40. The minimum atomic E-state index is -0.166. The first kappa shape index (κ1) is 16.7. The van der Waals surface area contributed by atoms with Crippen LogP contribution < -0.4 is 5.32 Å². The molecule has 0 spiro atoms. The van der Waals surface area contributed by atoms with Crippen LogP contribution in [0.1, 0.15) is 39.4 Å². The number of hydrogen-bond acceptors (Lipinski definition) is 4. The van der Waals surface area contributed by atoms with E-state index in [0.717, 1.165) is 36.3 Å². The van der Waals surface area contributed by atoms with Gasteiger partial charge in [-0.2, -0.15) is 0 Å². The summed E-state index contributed by atoms with van der Waals surface area (Å²) in [6.45, 7) is 3.20. The summed E-state index contributed by atoms with van der Waals surface area (Å²) in [5, 5.41) is 11.6. The second-order valence-electron chi connectivity index (χ2n) is 4.39. The van der Waals surface area contributed by atoms with Crippen molar-refractivity contribution in [3.8, 4) is 11.8 Å². The number of amides is 1. The molecule has 2 N–H and O–H groups in total. The third-order valence-electron chi connectivity index (χ3n) is 2.73. The van der Waals surface area contributed by atoms with Crippen molar-refractivity contribution in [3.05, 3.63) is 21.4 Å². The first-order valence-electron chi connectivity index (χ1n) is 6.66. The third-order valence-corrected chi connectivity index (χ3v) is 3.88. The first-order chi connectivity index (χ1) is 9.69. The summed E-state index contributed by atoms with van der Waals surface area (Å²) in [7, 11) is 1.69. The molecule has 1 heterocycles. The van der Waals surface area contributed by atoms with Gasteiger partial charge in [-0.1, -0.05) is 11.8 Å². The molecule has 1 amide bonds. The highest BCUT2D eigenvalue weighted by atomic mass is 32.1. The lowest BCUT2D eigenvalue weighted by Crippen LogP contribution is -2.23. The van der Waals surface area contributed by atoms with E-state index in [2.05, 4.69) is 17.2 Å². The number of hydrogen-bond donors (Lipinski definition) is 2. The van der Waals surface area contributed by atoms with Crippen LogP contribution in [0, 0.1) is 18.8 Å². The number of aryl methyl sites for hydroxylation is 1. The Morgan fingerprint density at radius 2 is 2.25 bits per heavy atom. The largest absolute Gasteiger partial charge is 0.385 e. The Kier molecular flexibility index (Phi) is 7.97. The van der Waals surface area contributed by atoms with Gasteiger partial charge in [0, 0.05) is 20.3 Å². The number of methoxy groups -OCH3 is 1. The highest BCUT2D eigenvalue weighted by Crippen LogP contribution is 2.20. The van der Waals surface area contributed by atoms with Gasteiger partial charge in [-0.05, 0) is 37.8 Å². The maximum Gasteiger partial charge on any atom is 0.261 e. The van der Waals surface area contributed by atoms with E-state index in [1.807, 2.05) is 13.0 Å². The van der Waals surface area contributed by atoms with E-state index in [4.69, 9.17) is 9.84 Å². The quantitative estimate of drug-likeness (QED) is 0.597. The number of aliphatic hydroxyl groups excluding tert-OH is 1. The molecule has 0 fully saturated rings. The fourth-order valence-corrected chi connectivity index (χ4v) is 2.64. The minimum Gasteiger partial charge on any atom is -0.385 e. The Morgan fingerprint density at radius 3 is 2.95 bits per heavy atom. The van der Waals surface area contributed by atoms with Crippen molar-refractivity contribution in [1.29, 1.82) is 0 Å². The zero-order valence-corrected chi connectivity index (χ0v) is 12.8. The minimum absolute atomic E-state index is 0.0538. The van der Waals surface area contributed by atoms with Crippen molar-refractivity contribution < 1.29 is 14.6 Å². The predicted octanol–water partition coefficient (Wildman–Crippen LogP) is 1.95. The van der Waals surface area contributed by atoms with Crippen LogP contribution in [-0.4, -0.2) is 37.9 Å². The van der Waals surface area contributed by atoms with Gasteiger partial charge in [0.05, 0.1) is 9.75 Å². The molecule has 110 valence electrons. The summed E-state index contributed by atoms with van der Waals surface area (Å²) in [6, 6.07) is 1.84. The topological polar surface area (TPSA) is 58.6 Å². The van der Waals surface area contributed by atoms with Crippen molar-refractivity contribution in [2.75, 3.05) is 26.9 Å². The average molecular weight is 295 g/mol. The normalized spacial score (nSPS) is 9.95. The summed E-state index contributed by atoms with van der Waals surface area (Å²) >= 11 is 1.36. The number of carbonyl (C=O) groups excluding carboxylic acids is 1. The Labute approximate surface area is 124 Å². The van der Waals surface area contributed by atoms with Gasteiger partial charge >= 0.3 is 0 Å². The second-order valence-corrected chi connectivity index (χ2v) is 5.44. The third kappa shape index (κ3) is 5.74. The molecule has 1 aromatic heterocycles. The summed E-state index contributed by atoms with van der Waals surface area (Å²) in [5.74, 6) is 5.40. The summed E-state index contributed by atoms with van der Waals surface area (Å²) in [6.07, 6.45) is 3.02. The van der Waals surface area contributed by atoms with Crippen LogP contribution >= 0.6 is 11.3 Å². The molecule has 5 heteroatoms. The Hall–Kier alpha value is -1.35. The number of ether oxygens (including phenoxy) is 1. The van der Waals surface area contributed by atoms with Crippen molar-refractivity contribution in [1.82, 2.24) is 5.32 Å². The molecule has 0 aliphatic rings. The van der Waals surface area contributed by atoms with Gasteiger partial charge in [-0.25, -0.2) is 0 Å². The van der Waals surface area contributed by atoms with Crippen LogP contribution in [0.15, 0.2) is 6.07 Å². The van der Waals surface area contributed by atoms with Crippen LogP contribution in [0.2, 0.25) is 0 Å². The summed E-state index contributed by atoms with van der Waals surface area (Å²) in [4.78, 5) is 13.5. The summed E-state index contributed by atoms with van der Waals surface area (Å²) < 4.78 is 4.97. The maximum absolute atomic E-state index is 11.9. The number of aliphatic hydroxyl groups is 1. The molecule has 0 bridgehead atoms. The number of thiophene rings is 1. The van der Waals surface area contributed by atoms with Crippen molar-refractivity contribution in [2.24, 2.45) is 0 Å². The SMILES string of the molecule is COCCCCCNC(=O)c1cc(C)c(C#CCO)s1. The number of rotatable bonds is 7. The van der Waals surface area contributed by atoms with Gasteiger partial charge in [-0.3, -0.25) is 4.79 Å². The summed E-state index contributed by atoms with van der Waals surface area (Å²) in [5.41, 5.74) is 0.973. The fraction of sp³-hybridized carbons (Fsp3) is 0.533. The molecule has 0 saturated heterocycles. The number of nitrogens with one attached hydrogen (secondary N) is 1. The van der Waals surface area contributed by atoms with Gasteiger partial charge in [0.15, 0.2) is 0 Å². The molecular weight excluding hydrogens is 274 g/mol. The van der Waals surface area contributed by atoms with Crippen LogP contribution in [0.4, 0.5) is 0 Å². The first-order valence-corrected chi connectivity index (χ1v) is 7.48. The molecule has 0 aliphatic carbocycles. The van der Waals surface area contributed by atoms with Crippen LogP contribution in [0.5, 0.6) is 0 Å². The van der Waals surface area contributed by atoms with E-state index >= 15 is 0 Å². The molecule has 20 heavy (non-hydrogen) atoms. The van der Waals surface area contributed by atoms with Crippen LogP contribution in [-0.2, 0) is 4.74 Å². The molecular formula is C15H21NO3S. The van der Waals surface area contributed by atoms with Crippen molar-refractivity contribution >= 4 is 17.2 Å². The van der Waals surface area contributed by atoms with Crippen LogP contribution in [0.3, 0.4) is 0 Å². The Bertz CT molecular complexity index is 485. The van der Waals surface area contributed by atoms with E-state index in [1.165, 1.54) is 11.3 Å². The molecule has 1 rings (SSSR count). The van der Waals surface area contributed by atoms with Gasteiger partial charge < -0.3 is 15.2 Å². The highest BCUT2D eigenvalue weighted by molar-refractivity contribution is 7.14. The molecule has 0 unspecified atom stereocenters. The van der Waals surface area contributed by atoms with E-state index < -0.39 is 0 Å². The lowest BCUT2D eigenvalue weighted by atomic mass is 10.2. The molecule has 0 radical (unpaired) electrons. The van der Waals surface area contributed by atoms with Gasteiger partial charge in [0.25, 0.3) is 5.91 Å². The second kappa shape index (κ2) is 9.54. The van der Waals surface area contributed by atoms with Crippen molar-refractivity contribution in [3.63, 3.8) is 0 Å². The number of unbranched alkanes of at least 4 members (excludes halogenated alkanes) is 2. The average Bonchev–Trinajstić information content (AvgIpc) is 2.81. The van der Waals surface area contributed by atoms with Gasteiger partial charge in [0.1, 0.15) is 6.61 Å². The Morgan fingerprint density at radius 1 is 1.45 bits per heavy atom. The molecule has 0 aliphatic heterocycles. The van der Waals surface area contributed by atoms with E-state index in [1.54, 1.807) is 7.11 Å². The van der Waals surface area contributed by atoms with E-state index in [9.17, 15) is 4.79 Å². The molecule has 0 aromatic carbocycles. The van der Waals surface area contributed by atoms with Crippen LogP contribution in [0.25, 0.3) is 0 Å². The van der Waals surface area contributed by atoms with Crippen molar-refractivity contribution in [2.45, 2.75) is 26.2 Å². The maximum atomic E-state index is 11.9. The van der Waals surface area contributed by atoms with Gasteiger partial charge in [0.2, 0.25) is 0 Å². The van der Waals surface area contributed by atoms with E-state index in [-0.39, 0.29) is 12.5 Å². The molecule has 1 aromatic rings. The van der Waals surface area contributed by atoms with E-state index in [0.29, 0.717) is 11.4 Å². The zero-order valence-electron chi connectivity index (χ0n) is 12.0. The monoisotopic (exact) mass is 295 g/mol. The predicted molar refractivity (Wildman–Crippen MR) is 81.1 cm³/mol. The lowest BCUT2D eigenvalue weighted by molar-refractivity contribution is 0.0956. The van der Waals surface area contributed by atoms with Gasteiger partial charge in [-0.15, -0.1) is 11.3 Å². The smallest absolute Gasteiger partial charge is 0.261 e. The fourth-order valence-electron chi connectivity index (χ4n) is 1.68. The number of carbonyl (C=O) groups is 1.